The number of hydrogen-bond acceptors (Lipinski definition) is 5. The minimum absolute atomic E-state index is 0.173. The Kier molecular flexibility index (Phi) is 4.07. The van der Waals surface area contributed by atoms with Crippen molar-refractivity contribution in [3.63, 3.8) is 0 Å². The van der Waals surface area contributed by atoms with Crippen molar-refractivity contribution in [1.82, 2.24) is 15.3 Å². The molecule has 16 heavy (non-hydrogen) atoms. The van der Waals surface area contributed by atoms with Crippen LogP contribution in [0.5, 0.6) is 0 Å². The van der Waals surface area contributed by atoms with Gasteiger partial charge < -0.3 is 15.7 Å². The molecule has 88 valence electrons. The van der Waals surface area contributed by atoms with Crippen LogP contribution in [-0.4, -0.2) is 40.3 Å². The van der Waals surface area contributed by atoms with E-state index in [1.54, 1.807) is 18.5 Å². The topological polar surface area (TPSA) is 70.1 Å². The smallest absolute Gasteiger partial charge is 0.222 e. The van der Waals surface area contributed by atoms with Gasteiger partial charge in [-0.15, -0.1) is 0 Å². The fourth-order valence-electron chi connectivity index (χ4n) is 2.00. The maximum absolute atomic E-state index is 9.60. The van der Waals surface area contributed by atoms with E-state index in [4.69, 9.17) is 0 Å². The number of aliphatic hydroxyl groups excluding tert-OH is 1. The molecule has 2 rings (SSSR count). The number of hydrogen-bond donors (Lipinski definition) is 3. The summed E-state index contributed by atoms with van der Waals surface area (Å²) in [5.74, 6) is 0.649. The minimum atomic E-state index is -0.173. The van der Waals surface area contributed by atoms with E-state index in [0.29, 0.717) is 5.95 Å². The van der Waals surface area contributed by atoms with E-state index in [9.17, 15) is 5.11 Å². The maximum atomic E-state index is 9.60. The van der Waals surface area contributed by atoms with Crippen LogP contribution < -0.4 is 10.6 Å². The molecule has 3 N–H and O–H groups in total. The average molecular weight is 222 g/mol. The summed E-state index contributed by atoms with van der Waals surface area (Å²) >= 11 is 0. The zero-order valence-electron chi connectivity index (χ0n) is 9.26. The van der Waals surface area contributed by atoms with Crippen molar-refractivity contribution >= 4 is 5.95 Å². The third-order valence-corrected chi connectivity index (χ3v) is 2.86. The molecule has 0 aromatic carbocycles. The van der Waals surface area contributed by atoms with Gasteiger partial charge in [0.05, 0.1) is 6.10 Å². The maximum Gasteiger partial charge on any atom is 0.222 e. The summed E-state index contributed by atoms with van der Waals surface area (Å²) < 4.78 is 0. The van der Waals surface area contributed by atoms with Crippen LogP contribution in [0.15, 0.2) is 18.5 Å². The van der Waals surface area contributed by atoms with Crippen molar-refractivity contribution in [2.24, 2.45) is 0 Å². The summed E-state index contributed by atoms with van der Waals surface area (Å²) in [4.78, 5) is 8.13. The third kappa shape index (κ3) is 3.15. The normalized spacial score (nSPS) is 24.6. The van der Waals surface area contributed by atoms with E-state index in [0.717, 1.165) is 32.4 Å². The fraction of sp³-hybridized carbons (Fsp3) is 0.636. The molecule has 1 saturated carbocycles. The molecule has 1 aromatic heterocycles. The Balaban J connectivity index is 1.62. The Labute approximate surface area is 95.3 Å². The zero-order chi connectivity index (χ0) is 11.2. The molecule has 0 bridgehead atoms. The van der Waals surface area contributed by atoms with Crippen LogP contribution in [0.3, 0.4) is 0 Å². The van der Waals surface area contributed by atoms with Gasteiger partial charge in [-0.25, -0.2) is 9.97 Å². The molecule has 0 aliphatic heterocycles. The van der Waals surface area contributed by atoms with Crippen molar-refractivity contribution in [3.8, 4) is 0 Å². The second-order valence-corrected chi connectivity index (χ2v) is 4.06. The molecule has 2 atom stereocenters. The Morgan fingerprint density at radius 2 is 2.06 bits per heavy atom. The van der Waals surface area contributed by atoms with Crippen LogP contribution >= 0.6 is 0 Å². The van der Waals surface area contributed by atoms with Crippen LogP contribution in [0.4, 0.5) is 5.95 Å². The lowest BCUT2D eigenvalue weighted by Gasteiger charge is -2.16. The first-order valence-corrected chi connectivity index (χ1v) is 5.78. The average Bonchev–Trinajstić information content (AvgIpc) is 2.72. The van der Waals surface area contributed by atoms with Gasteiger partial charge in [-0.05, 0) is 25.3 Å². The van der Waals surface area contributed by atoms with Crippen LogP contribution in [0.2, 0.25) is 0 Å². The summed E-state index contributed by atoms with van der Waals surface area (Å²) in [5, 5.41) is 16.0. The van der Waals surface area contributed by atoms with E-state index in [-0.39, 0.29) is 12.1 Å². The van der Waals surface area contributed by atoms with Crippen LogP contribution in [0.1, 0.15) is 19.3 Å². The molecule has 1 aliphatic rings. The number of anilines is 1. The van der Waals surface area contributed by atoms with Gasteiger partial charge in [0.15, 0.2) is 0 Å². The molecular weight excluding hydrogens is 204 g/mol. The van der Waals surface area contributed by atoms with Gasteiger partial charge in [0.25, 0.3) is 0 Å². The van der Waals surface area contributed by atoms with Gasteiger partial charge >= 0.3 is 0 Å². The van der Waals surface area contributed by atoms with Crippen LogP contribution in [0.25, 0.3) is 0 Å². The molecule has 1 aromatic rings. The molecule has 1 heterocycles. The second kappa shape index (κ2) is 5.77. The first-order valence-electron chi connectivity index (χ1n) is 5.78. The fourth-order valence-corrected chi connectivity index (χ4v) is 2.00. The first kappa shape index (κ1) is 11.3. The Morgan fingerprint density at radius 3 is 2.75 bits per heavy atom. The van der Waals surface area contributed by atoms with Gasteiger partial charge in [-0.2, -0.15) is 0 Å². The second-order valence-electron chi connectivity index (χ2n) is 4.06. The van der Waals surface area contributed by atoms with Gasteiger partial charge in [0.2, 0.25) is 5.95 Å². The molecule has 5 heteroatoms. The minimum Gasteiger partial charge on any atom is -0.392 e. The third-order valence-electron chi connectivity index (χ3n) is 2.86. The van der Waals surface area contributed by atoms with Gasteiger partial charge in [-0.1, -0.05) is 0 Å². The number of nitrogens with zero attached hydrogens (tertiary/aromatic N) is 2. The van der Waals surface area contributed by atoms with E-state index < -0.39 is 0 Å². The molecule has 0 saturated heterocycles. The Morgan fingerprint density at radius 1 is 1.25 bits per heavy atom. The molecule has 5 nitrogen and oxygen atoms in total. The molecule has 0 unspecified atom stereocenters. The van der Waals surface area contributed by atoms with Crippen molar-refractivity contribution in [1.29, 1.82) is 0 Å². The number of aliphatic hydroxyl groups is 1. The molecular formula is C11H18N4O. The molecule has 0 spiro atoms. The van der Waals surface area contributed by atoms with E-state index in [2.05, 4.69) is 20.6 Å². The first-order chi connectivity index (χ1) is 7.86. The zero-order valence-corrected chi connectivity index (χ0v) is 9.26. The van der Waals surface area contributed by atoms with Crippen molar-refractivity contribution < 1.29 is 5.11 Å². The Hall–Kier alpha value is -1.20. The largest absolute Gasteiger partial charge is 0.392 e. The van der Waals surface area contributed by atoms with Crippen molar-refractivity contribution in [2.45, 2.75) is 31.4 Å². The van der Waals surface area contributed by atoms with Gasteiger partial charge in [0.1, 0.15) is 0 Å². The highest BCUT2D eigenvalue weighted by Gasteiger charge is 2.23. The van der Waals surface area contributed by atoms with E-state index >= 15 is 0 Å². The highest BCUT2D eigenvalue weighted by Crippen LogP contribution is 2.18. The number of nitrogens with one attached hydrogen (secondary N) is 2. The molecule has 0 amide bonds. The summed E-state index contributed by atoms with van der Waals surface area (Å²) in [6.07, 6.45) is 6.37. The Bertz CT molecular complexity index is 306. The highest BCUT2D eigenvalue weighted by molar-refractivity contribution is 5.21. The summed E-state index contributed by atoms with van der Waals surface area (Å²) in [6, 6.07) is 2.05. The quantitative estimate of drug-likeness (QED) is 0.629. The predicted octanol–water partition coefficient (Wildman–Crippen LogP) is 0.391. The molecule has 1 fully saturated rings. The predicted molar refractivity (Wildman–Crippen MR) is 62.2 cm³/mol. The molecule has 0 radical (unpaired) electrons. The lowest BCUT2D eigenvalue weighted by atomic mass is 10.2. The van der Waals surface area contributed by atoms with E-state index in [1.165, 1.54) is 0 Å². The standard InChI is InChI=1S/C11H18N4O/c16-10-4-1-3-9(10)12-7-8-15-11-13-5-2-6-14-11/h2,5-6,9-10,12,16H,1,3-4,7-8H2,(H,13,14,15)/t9-,10-/m1/s1. The SMILES string of the molecule is O[C@@H]1CCC[C@H]1NCCNc1ncccn1. The van der Waals surface area contributed by atoms with Gasteiger partial charge in [-0.3, -0.25) is 0 Å². The monoisotopic (exact) mass is 222 g/mol. The van der Waals surface area contributed by atoms with Gasteiger partial charge in [0, 0.05) is 31.5 Å². The van der Waals surface area contributed by atoms with Crippen LogP contribution in [0, 0.1) is 0 Å². The number of rotatable bonds is 5. The highest BCUT2D eigenvalue weighted by atomic mass is 16.3. The summed E-state index contributed by atoms with van der Waals surface area (Å²) in [5.41, 5.74) is 0. The van der Waals surface area contributed by atoms with Crippen LogP contribution in [-0.2, 0) is 0 Å². The van der Waals surface area contributed by atoms with E-state index in [1.807, 2.05) is 0 Å². The summed E-state index contributed by atoms with van der Waals surface area (Å²) in [7, 11) is 0. The number of aromatic nitrogens is 2. The lowest BCUT2D eigenvalue weighted by Crippen LogP contribution is -2.38. The van der Waals surface area contributed by atoms with Crippen molar-refractivity contribution in [3.05, 3.63) is 18.5 Å². The lowest BCUT2D eigenvalue weighted by molar-refractivity contribution is 0.150. The summed E-state index contributed by atoms with van der Waals surface area (Å²) in [6.45, 7) is 1.59. The van der Waals surface area contributed by atoms with Crippen molar-refractivity contribution in [2.75, 3.05) is 18.4 Å². The molecule has 1 aliphatic carbocycles.